The van der Waals surface area contributed by atoms with Gasteiger partial charge in [-0.2, -0.15) is 0 Å². The first-order chi connectivity index (χ1) is 8.54. The fraction of sp³-hybridized carbons (Fsp3) is 0.714. The minimum atomic E-state index is 0.443. The van der Waals surface area contributed by atoms with E-state index in [0.717, 1.165) is 31.0 Å². The molecule has 1 N–H and O–H groups in total. The molecule has 0 spiro atoms. The first kappa shape index (κ1) is 14.9. The van der Waals surface area contributed by atoms with Crippen LogP contribution < -0.4 is 5.32 Å². The molecule has 0 saturated heterocycles. The molecule has 102 valence electrons. The van der Waals surface area contributed by atoms with Crippen LogP contribution in [-0.2, 0) is 0 Å². The second-order valence-corrected chi connectivity index (χ2v) is 5.12. The Morgan fingerprint density at radius 3 is 2.61 bits per heavy atom. The standard InChI is InChI=1S/C14H26N4/c1-6-18(5)12(4)7-8-15-14-9-13(11(2)3)16-10-17-14/h9-12H,6-8H2,1-5H3,(H,15,16,17)/t12-/m1/s1. The first-order valence-electron chi connectivity index (χ1n) is 6.80. The van der Waals surface area contributed by atoms with E-state index in [2.05, 4.69) is 54.9 Å². The molecule has 1 heterocycles. The Balaban J connectivity index is 2.42. The van der Waals surface area contributed by atoms with E-state index in [0.29, 0.717) is 12.0 Å². The first-order valence-corrected chi connectivity index (χ1v) is 6.80. The minimum Gasteiger partial charge on any atom is -0.370 e. The van der Waals surface area contributed by atoms with Crippen molar-refractivity contribution in [2.24, 2.45) is 0 Å². The van der Waals surface area contributed by atoms with E-state index in [1.807, 2.05) is 6.07 Å². The molecule has 0 fully saturated rings. The average molecular weight is 250 g/mol. The van der Waals surface area contributed by atoms with Crippen LogP contribution in [0, 0.1) is 0 Å². The van der Waals surface area contributed by atoms with E-state index in [9.17, 15) is 0 Å². The zero-order valence-corrected chi connectivity index (χ0v) is 12.3. The Bertz CT molecular complexity index is 351. The Kier molecular flexibility index (Phi) is 6.05. The third-order valence-electron chi connectivity index (χ3n) is 3.40. The zero-order valence-electron chi connectivity index (χ0n) is 12.3. The van der Waals surface area contributed by atoms with Crippen molar-refractivity contribution in [2.75, 3.05) is 25.5 Å². The molecular weight excluding hydrogens is 224 g/mol. The molecule has 1 aromatic rings. The largest absolute Gasteiger partial charge is 0.370 e. The van der Waals surface area contributed by atoms with Gasteiger partial charge in [0.25, 0.3) is 0 Å². The highest BCUT2D eigenvalue weighted by Gasteiger charge is 2.07. The van der Waals surface area contributed by atoms with Gasteiger partial charge in [-0.05, 0) is 32.9 Å². The van der Waals surface area contributed by atoms with Crippen molar-refractivity contribution in [1.29, 1.82) is 0 Å². The van der Waals surface area contributed by atoms with Gasteiger partial charge in [-0.25, -0.2) is 9.97 Å². The number of hydrogen-bond donors (Lipinski definition) is 1. The predicted molar refractivity (Wildman–Crippen MR) is 77.0 cm³/mol. The Morgan fingerprint density at radius 1 is 1.28 bits per heavy atom. The van der Waals surface area contributed by atoms with Gasteiger partial charge in [0.05, 0.1) is 0 Å². The van der Waals surface area contributed by atoms with E-state index < -0.39 is 0 Å². The molecule has 0 aliphatic heterocycles. The number of rotatable bonds is 7. The molecule has 18 heavy (non-hydrogen) atoms. The van der Waals surface area contributed by atoms with Crippen LogP contribution in [0.5, 0.6) is 0 Å². The lowest BCUT2D eigenvalue weighted by Crippen LogP contribution is -2.30. The number of hydrogen-bond acceptors (Lipinski definition) is 4. The van der Waals surface area contributed by atoms with Crippen molar-refractivity contribution in [3.63, 3.8) is 0 Å². The molecule has 1 rings (SSSR count). The number of anilines is 1. The molecule has 0 saturated carbocycles. The van der Waals surface area contributed by atoms with Gasteiger partial charge in [0.2, 0.25) is 0 Å². The highest BCUT2D eigenvalue weighted by molar-refractivity contribution is 5.35. The van der Waals surface area contributed by atoms with Crippen LogP contribution in [-0.4, -0.2) is 41.0 Å². The van der Waals surface area contributed by atoms with Crippen molar-refractivity contribution in [3.8, 4) is 0 Å². The lowest BCUT2D eigenvalue weighted by atomic mass is 10.1. The summed E-state index contributed by atoms with van der Waals surface area (Å²) in [6.07, 6.45) is 2.75. The summed E-state index contributed by atoms with van der Waals surface area (Å²) in [6, 6.07) is 2.63. The van der Waals surface area contributed by atoms with Crippen molar-refractivity contribution < 1.29 is 0 Å². The van der Waals surface area contributed by atoms with Gasteiger partial charge in [0.15, 0.2) is 0 Å². The molecule has 4 nitrogen and oxygen atoms in total. The van der Waals surface area contributed by atoms with Gasteiger partial charge in [-0.3, -0.25) is 0 Å². The lowest BCUT2D eigenvalue weighted by molar-refractivity contribution is 0.263. The maximum absolute atomic E-state index is 4.26. The van der Waals surface area contributed by atoms with Crippen LogP contribution in [0.25, 0.3) is 0 Å². The van der Waals surface area contributed by atoms with Crippen LogP contribution in [0.1, 0.15) is 45.7 Å². The van der Waals surface area contributed by atoms with Gasteiger partial charge in [0.1, 0.15) is 12.1 Å². The average Bonchev–Trinajstić information content (AvgIpc) is 2.38. The topological polar surface area (TPSA) is 41.0 Å². The van der Waals surface area contributed by atoms with Crippen molar-refractivity contribution >= 4 is 5.82 Å². The Morgan fingerprint density at radius 2 is 2.00 bits per heavy atom. The second-order valence-electron chi connectivity index (χ2n) is 5.12. The normalized spacial score (nSPS) is 13.1. The van der Waals surface area contributed by atoms with Crippen LogP contribution in [0.2, 0.25) is 0 Å². The molecule has 4 heteroatoms. The summed E-state index contributed by atoms with van der Waals surface area (Å²) in [4.78, 5) is 10.9. The quantitative estimate of drug-likeness (QED) is 0.808. The van der Waals surface area contributed by atoms with Crippen LogP contribution >= 0.6 is 0 Å². The molecule has 0 radical (unpaired) electrons. The van der Waals surface area contributed by atoms with Gasteiger partial charge in [0, 0.05) is 24.3 Å². The molecule has 0 amide bonds. The number of nitrogens with zero attached hydrogens (tertiary/aromatic N) is 3. The molecule has 0 unspecified atom stereocenters. The summed E-state index contributed by atoms with van der Waals surface area (Å²) in [7, 11) is 2.16. The maximum Gasteiger partial charge on any atom is 0.129 e. The summed E-state index contributed by atoms with van der Waals surface area (Å²) < 4.78 is 0. The molecular formula is C14H26N4. The van der Waals surface area contributed by atoms with Gasteiger partial charge >= 0.3 is 0 Å². The molecule has 1 aromatic heterocycles. The molecule has 0 aromatic carbocycles. The van der Waals surface area contributed by atoms with Crippen LogP contribution in [0.4, 0.5) is 5.82 Å². The number of aromatic nitrogens is 2. The summed E-state index contributed by atoms with van der Waals surface area (Å²) in [5.41, 5.74) is 1.09. The highest BCUT2D eigenvalue weighted by Crippen LogP contribution is 2.13. The van der Waals surface area contributed by atoms with Crippen molar-refractivity contribution in [2.45, 2.75) is 46.1 Å². The van der Waals surface area contributed by atoms with E-state index >= 15 is 0 Å². The van der Waals surface area contributed by atoms with Crippen molar-refractivity contribution in [3.05, 3.63) is 18.1 Å². The SMILES string of the molecule is CCN(C)[C@H](C)CCNc1cc(C(C)C)ncn1. The van der Waals surface area contributed by atoms with Crippen LogP contribution in [0.3, 0.4) is 0 Å². The number of nitrogens with one attached hydrogen (secondary N) is 1. The van der Waals surface area contributed by atoms with E-state index in [4.69, 9.17) is 0 Å². The Labute approximate surface area is 111 Å². The van der Waals surface area contributed by atoms with E-state index in [1.165, 1.54) is 0 Å². The highest BCUT2D eigenvalue weighted by atomic mass is 15.1. The predicted octanol–water partition coefficient (Wildman–Crippen LogP) is 2.74. The zero-order chi connectivity index (χ0) is 13.5. The molecule has 1 atom stereocenters. The third kappa shape index (κ3) is 4.61. The van der Waals surface area contributed by atoms with Crippen molar-refractivity contribution in [1.82, 2.24) is 14.9 Å². The van der Waals surface area contributed by atoms with E-state index in [-0.39, 0.29) is 0 Å². The maximum atomic E-state index is 4.26. The second kappa shape index (κ2) is 7.31. The summed E-state index contributed by atoms with van der Waals surface area (Å²) >= 11 is 0. The molecule has 0 aliphatic rings. The molecule has 0 bridgehead atoms. The summed E-state index contributed by atoms with van der Waals surface area (Å²) in [5.74, 6) is 1.37. The third-order valence-corrected chi connectivity index (χ3v) is 3.40. The van der Waals surface area contributed by atoms with Crippen LogP contribution in [0.15, 0.2) is 12.4 Å². The lowest BCUT2D eigenvalue weighted by Gasteiger charge is -2.23. The minimum absolute atomic E-state index is 0.443. The summed E-state index contributed by atoms with van der Waals surface area (Å²) in [5, 5.41) is 3.37. The fourth-order valence-corrected chi connectivity index (χ4v) is 1.73. The monoisotopic (exact) mass is 250 g/mol. The van der Waals surface area contributed by atoms with Gasteiger partial charge in [-0.1, -0.05) is 20.8 Å². The molecule has 0 aliphatic carbocycles. The summed E-state index contributed by atoms with van der Waals surface area (Å²) in [6.45, 7) is 10.8. The fourth-order valence-electron chi connectivity index (χ4n) is 1.73. The Hall–Kier alpha value is -1.16. The van der Waals surface area contributed by atoms with Gasteiger partial charge < -0.3 is 10.2 Å². The smallest absolute Gasteiger partial charge is 0.129 e. The van der Waals surface area contributed by atoms with Gasteiger partial charge in [-0.15, -0.1) is 0 Å². The van der Waals surface area contributed by atoms with E-state index in [1.54, 1.807) is 6.33 Å².